The number of aromatic nitrogens is 2. The second-order valence-electron chi connectivity index (χ2n) is 7.83. The third kappa shape index (κ3) is 6.86. The lowest BCUT2D eigenvalue weighted by atomic mass is 10.2. The average molecular weight is 490 g/mol. The molecule has 0 spiro atoms. The first kappa shape index (κ1) is 25.8. The number of nitrogens with one attached hydrogen (secondary N) is 1. The monoisotopic (exact) mass is 489 g/mol. The molecule has 0 aliphatic carbocycles. The number of carbonyl (C=O) groups excluding carboxylic acids is 1. The van der Waals surface area contributed by atoms with Crippen LogP contribution < -0.4 is 10.3 Å². The fraction of sp³-hybridized carbons (Fsp3) is 0.458. The number of ether oxygens (including phenoxy) is 3. The molecular weight excluding hydrogens is 458 g/mol. The summed E-state index contributed by atoms with van der Waals surface area (Å²) >= 11 is 1.15. The molecule has 0 saturated carbocycles. The number of esters is 1. The van der Waals surface area contributed by atoms with Gasteiger partial charge in [0.25, 0.3) is 5.56 Å². The first-order valence-corrected chi connectivity index (χ1v) is 12.0. The van der Waals surface area contributed by atoms with Crippen LogP contribution in [0.5, 0.6) is 5.75 Å². The number of carbonyl (C=O) groups is 1. The van der Waals surface area contributed by atoms with Crippen LogP contribution in [0.25, 0.3) is 10.2 Å². The van der Waals surface area contributed by atoms with Crippen molar-refractivity contribution in [1.29, 1.82) is 0 Å². The Hall–Kier alpha value is -2.79. The van der Waals surface area contributed by atoms with Crippen LogP contribution in [0.2, 0.25) is 0 Å². The molecule has 1 atom stereocenters. The minimum absolute atomic E-state index is 0.140. The lowest BCUT2D eigenvalue weighted by Gasteiger charge is -2.24. The second kappa shape index (κ2) is 12.6. The molecule has 2 heterocycles. The van der Waals surface area contributed by atoms with E-state index in [1.165, 1.54) is 0 Å². The van der Waals surface area contributed by atoms with Crippen molar-refractivity contribution in [2.75, 3.05) is 40.0 Å². The Morgan fingerprint density at radius 1 is 1.29 bits per heavy atom. The number of para-hydroxylation sites is 1. The van der Waals surface area contributed by atoms with Gasteiger partial charge in [0.1, 0.15) is 34.0 Å². The molecule has 10 heteroatoms. The van der Waals surface area contributed by atoms with E-state index in [1.807, 2.05) is 35.2 Å². The Bertz CT molecular complexity index is 1130. The summed E-state index contributed by atoms with van der Waals surface area (Å²) in [5.41, 5.74) is 0.276. The summed E-state index contributed by atoms with van der Waals surface area (Å²) in [4.78, 5) is 35.3. The number of benzene rings is 1. The molecular formula is C24H31N3O6S. The van der Waals surface area contributed by atoms with Gasteiger partial charge < -0.3 is 24.3 Å². The van der Waals surface area contributed by atoms with Crippen molar-refractivity contribution in [3.63, 3.8) is 0 Å². The molecule has 0 fully saturated rings. The van der Waals surface area contributed by atoms with Gasteiger partial charge in [-0.05, 0) is 38.0 Å². The summed E-state index contributed by atoms with van der Waals surface area (Å²) in [5.74, 6) is 0.698. The van der Waals surface area contributed by atoms with E-state index in [0.717, 1.165) is 17.8 Å². The summed E-state index contributed by atoms with van der Waals surface area (Å²) in [6.45, 7) is 5.72. The zero-order chi connectivity index (χ0) is 24.5. The lowest BCUT2D eigenvalue weighted by Crippen LogP contribution is -2.37. The van der Waals surface area contributed by atoms with Gasteiger partial charge in [-0.25, -0.2) is 9.78 Å². The van der Waals surface area contributed by atoms with Gasteiger partial charge in [0.2, 0.25) is 0 Å². The van der Waals surface area contributed by atoms with E-state index in [-0.39, 0.29) is 18.8 Å². The quantitative estimate of drug-likeness (QED) is 0.278. The fourth-order valence-electron chi connectivity index (χ4n) is 3.59. The van der Waals surface area contributed by atoms with Crippen molar-refractivity contribution in [2.24, 2.45) is 0 Å². The first-order chi connectivity index (χ1) is 16.4. The van der Waals surface area contributed by atoms with E-state index >= 15 is 0 Å². The van der Waals surface area contributed by atoms with E-state index in [9.17, 15) is 14.7 Å². The number of rotatable bonds is 13. The number of methoxy groups -OCH3 is 1. The number of aryl methyl sites for hydroxylation is 1. The van der Waals surface area contributed by atoms with Crippen molar-refractivity contribution in [1.82, 2.24) is 14.9 Å². The Morgan fingerprint density at radius 2 is 2.06 bits per heavy atom. The van der Waals surface area contributed by atoms with Crippen molar-refractivity contribution in [2.45, 2.75) is 32.9 Å². The number of thiophene rings is 1. The highest BCUT2D eigenvalue weighted by molar-refractivity contribution is 7.20. The molecule has 0 aliphatic heterocycles. The van der Waals surface area contributed by atoms with Gasteiger partial charge in [-0.3, -0.25) is 9.69 Å². The largest absolute Gasteiger partial charge is 0.491 e. The summed E-state index contributed by atoms with van der Waals surface area (Å²) in [5, 5.41) is 11.0. The number of aliphatic hydroxyl groups is 1. The van der Waals surface area contributed by atoms with Gasteiger partial charge in [-0.15, -0.1) is 11.3 Å². The van der Waals surface area contributed by atoms with Gasteiger partial charge in [0, 0.05) is 26.8 Å². The molecule has 2 aromatic heterocycles. The van der Waals surface area contributed by atoms with E-state index in [4.69, 9.17) is 14.2 Å². The molecule has 0 saturated heterocycles. The number of hydrogen-bond donors (Lipinski definition) is 2. The van der Waals surface area contributed by atoms with Crippen molar-refractivity contribution in [3.05, 3.63) is 57.0 Å². The standard InChI is InChI=1S/C24H31N3O6S/c1-4-32-24(30)21-16(2)20-22(29)25-19(26-23(20)34-21)14-27(11-8-12-31-3)13-17(28)15-33-18-9-6-5-7-10-18/h5-7,9-10,17,28H,4,8,11-15H2,1-3H3,(H,25,26,29). The maximum absolute atomic E-state index is 12.8. The number of H-pyrrole nitrogens is 1. The molecule has 3 aromatic rings. The fourth-order valence-corrected chi connectivity index (χ4v) is 4.69. The Morgan fingerprint density at radius 3 is 2.76 bits per heavy atom. The third-order valence-corrected chi connectivity index (χ3v) is 6.33. The smallest absolute Gasteiger partial charge is 0.348 e. The van der Waals surface area contributed by atoms with Crippen LogP contribution >= 0.6 is 11.3 Å². The van der Waals surface area contributed by atoms with Crippen LogP contribution in [0.3, 0.4) is 0 Å². The highest BCUT2D eigenvalue weighted by atomic mass is 32.1. The topological polar surface area (TPSA) is 114 Å². The van der Waals surface area contributed by atoms with Crippen LogP contribution in [-0.2, 0) is 16.0 Å². The Balaban J connectivity index is 1.74. The maximum Gasteiger partial charge on any atom is 0.348 e. The SMILES string of the molecule is CCOC(=O)c1sc2nc(CN(CCCOC)CC(O)COc3ccccc3)[nH]c(=O)c2c1C. The van der Waals surface area contributed by atoms with Crippen LogP contribution in [0.4, 0.5) is 0 Å². The molecule has 3 rings (SSSR count). The van der Waals surface area contributed by atoms with Gasteiger partial charge in [0.05, 0.1) is 18.5 Å². The molecule has 9 nitrogen and oxygen atoms in total. The highest BCUT2D eigenvalue weighted by Crippen LogP contribution is 2.27. The summed E-state index contributed by atoms with van der Waals surface area (Å²) in [6, 6.07) is 9.31. The van der Waals surface area contributed by atoms with E-state index < -0.39 is 12.1 Å². The first-order valence-electron chi connectivity index (χ1n) is 11.2. The normalized spacial score (nSPS) is 12.3. The number of aromatic amines is 1. The van der Waals surface area contributed by atoms with Crippen molar-refractivity contribution in [3.8, 4) is 5.75 Å². The molecule has 0 radical (unpaired) electrons. The summed E-state index contributed by atoms with van der Waals surface area (Å²) in [7, 11) is 1.64. The van der Waals surface area contributed by atoms with Crippen LogP contribution in [0.15, 0.2) is 35.1 Å². The average Bonchev–Trinajstić information content (AvgIpc) is 3.15. The van der Waals surface area contributed by atoms with Crippen molar-refractivity contribution >= 4 is 27.5 Å². The zero-order valence-corrected chi connectivity index (χ0v) is 20.5. The van der Waals surface area contributed by atoms with Crippen LogP contribution in [0, 0.1) is 6.92 Å². The Kier molecular flexibility index (Phi) is 9.58. The minimum atomic E-state index is -0.738. The number of nitrogens with zero attached hydrogens (tertiary/aromatic N) is 2. The molecule has 184 valence electrons. The number of hydrogen-bond acceptors (Lipinski definition) is 9. The maximum atomic E-state index is 12.8. The summed E-state index contributed by atoms with van der Waals surface area (Å²) < 4.78 is 15.9. The van der Waals surface area contributed by atoms with E-state index in [1.54, 1.807) is 21.0 Å². The zero-order valence-electron chi connectivity index (χ0n) is 19.7. The molecule has 0 amide bonds. The van der Waals surface area contributed by atoms with Gasteiger partial charge in [0.15, 0.2) is 0 Å². The van der Waals surface area contributed by atoms with Gasteiger partial charge in [-0.1, -0.05) is 18.2 Å². The van der Waals surface area contributed by atoms with Crippen LogP contribution in [0.1, 0.15) is 34.4 Å². The highest BCUT2D eigenvalue weighted by Gasteiger charge is 2.21. The van der Waals surface area contributed by atoms with Gasteiger partial charge in [-0.2, -0.15) is 0 Å². The molecule has 2 N–H and O–H groups in total. The minimum Gasteiger partial charge on any atom is -0.491 e. The molecule has 1 unspecified atom stereocenters. The number of fused-ring (bicyclic) bond motifs is 1. The second-order valence-corrected chi connectivity index (χ2v) is 8.83. The molecule has 0 bridgehead atoms. The Labute approximate surface area is 202 Å². The third-order valence-electron chi connectivity index (χ3n) is 5.16. The van der Waals surface area contributed by atoms with Crippen molar-refractivity contribution < 1.29 is 24.1 Å². The predicted molar refractivity (Wildman–Crippen MR) is 131 cm³/mol. The van der Waals surface area contributed by atoms with E-state index in [0.29, 0.717) is 58.5 Å². The van der Waals surface area contributed by atoms with Crippen LogP contribution in [-0.4, -0.2) is 72.1 Å². The molecule has 1 aromatic carbocycles. The number of aliphatic hydroxyl groups excluding tert-OH is 1. The van der Waals surface area contributed by atoms with E-state index in [2.05, 4.69) is 9.97 Å². The summed E-state index contributed by atoms with van der Waals surface area (Å²) in [6.07, 6.45) is 0.0120. The molecule has 34 heavy (non-hydrogen) atoms. The van der Waals surface area contributed by atoms with Gasteiger partial charge >= 0.3 is 5.97 Å². The predicted octanol–water partition coefficient (Wildman–Crippen LogP) is 2.75. The lowest BCUT2D eigenvalue weighted by molar-refractivity contribution is 0.0531. The molecule has 0 aliphatic rings.